The number of amides is 1. The zero-order chi connectivity index (χ0) is 22.5. The summed E-state index contributed by atoms with van der Waals surface area (Å²) in [7, 11) is 0. The Morgan fingerprint density at radius 3 is 2.16 bits per heavy atom. The van der Waals surface area contributed by atoms with E-state index in [2.05, 4.69) is 5.32 Å². The quantitative estimate of drug-likeness (QED) is 0.471. The van der Waals surface area contributed by atoms with Crippen molar-refractivity contribution in [1.29, 1.82) is 0 Å². The Morgan fingerprint density at radius 2 is 1.44 bits per heavy atom. The lowest BCUT2D eigenvalue weighted by molar-refractivity contribution is -0.123. The topological polar surface area (TPSA) is 90.9 Å². The van der Waals surface area contributed by atoms with Gasteiger partial charge in [-0.3, -0.25) is 9.59 Å². The smallest absolute Gasteiger partial charge is 0.338 e. The first kappa shape index (κ1) is 21.1. The van der Waals surface area contributed by atoms with Crippen LogP contribution in [0.25, 0.3) is 0 Å². The van der Waals surface area contributed by atoms with Crippen molar-refractivity contribution in [3.05, 3.63) is 89.5 Å². The van der Waals surface area contributed by atoms with Crippen molar-refractivity contribution in [2.75, 3.05) is 18.5 Å². The van der Waals surface area contributed by atoms with Gasteiger partial charge in [-0.2, -0.15) is 0 Å². The number of nitrogens with one attached hydrogen (secondary N) is 1. The highest BCUT2D eigenvalue weighted by molar-refractivity contribution is 6.09. The monoisotopic (exact) mass is 431 g/mol. The average Bonchev–Trinajstić information content (AvgIpc) is 2.84. The third-order valence-corrected chi connectivity index (χ3v) is 4.88. The van der Waals surface area contributed by atoms with E-state index in [-0.39, 0.29) is 11.3 Å². The van der Waals surface area contributed by atoms with Gasteiger partial charge >= 0.3 is 5.97 Å². The SMILES string of the molecule is CC(OC(=O)c1ccc(C(=O)c2ccccc2)cc1)C(=O)Nc1ccc2c(c1)OCCO2. The molecule has 7 nitrogen and oxygen atoms in total. The molecule has 1 amide bonds. The number of hydrogen-bond acceptors (Lipinski definition) is 6. The highest BCUT2D eigenvalue weighted by atomic mass is 16.6. The van der Waals surface area contributed by atoms with Gasteiger partial charge in [-0.15, -0.1) is 0 Å². The average molecular weight is 431 g/mol. The fourth-order valence-corrected chi connectivity index (χ4v) is 3.16. The van der Waals surface area contributed by atoms with Crippen LogP contribution in [-0.4, -0.2) is 37.0 Å². The van der Waals surface area contributed by atoms with Gasteiger partial charge in [0.1, 0.15) is 13.2 Å². The molecule has 0 radical (unpaired) electrons. The number of benzene rings is 3. The van der Waals surface area contributed by atoms with Crippen LogP contribution >= 0.6 is 0 Å². The molecule has 1 heterocycles. The molecule has 1 atom stereocenters. The highest BCUT2D eigenvalue weighted by Crippen LogP contribution is 2.32. The number of anilines is 1. The van der Waals surface area contributed by atoms with Gasteiger partial charge in [0.25, 0.3) is 5.91 Å². The van der Waals surface area contributed by atoms with E-state index < -0.39 is 18.0 Å². The van der Waals surface area contributed by atoms with E-state index in [0.717, 1.165) is 0 Å². The number of ether oxygens (including phenoxy) is 3. The van der Waals surface area contributed by atoms with Crippen molar-refractivity contribution >= 4 is 23.3 Å². The fourth-order valence-electron chi connectivity index (χ4n) is 3.16. The Hall–Kier alpha value is -4.13. The summed E-state index contributed by atoms with van der Waals surface area (Å²) in [5.41, 5.74) is 1.77. The van der Waals surface area contributed by atoms with Crippen LogP contribution in [0.4, 0.5) is 5.69 Å². The molecular formula is C25H21NO6. The van der Waals surface area contributed by atoms with Gasteiger partial charge in [0, 0.05) is 22.9 Å². The van der Waals surface area contributed by atoms with Crippen LogP contribution in [0.2, 0.25) is 0 Å². The lowest BCUT2D eigenvalue weighted by Gasteiger charge is -2.19. The van der Waals surface area contributed by atoms with Crippen molar-refractivity contribution in [2.24, 2.45) is 0 Å². The zero-order valence-electron chi connectivity index (χ0n) is 17.4. The predicted molar refractivity (Wildman–Crippen MR) is 117 cm³/mol. The van der Waals surface area contributed by atoms with E-state index >= 15 is 0 Å². The van der Waals surface area contributed by atoms with Gasteiger partial charge in [-0.05, 0) is 31.2 Å². The number of carbonyl (C=O) groups excluding carboxylic acids is 3. The summed E-state index contributed by atoms with van der Waals surface area (Å²) < 4.78 is 16.2. The normalized spacial score (nSPS) is 13.0. The van der Waals surface area contributed by atoms with Crippen LogP contribution in [0.5, 0.6) is 11.5 Å². The van der Waals surface area contributed by atoms with E-state index in [0.29, 0.717) is 41.5 Å². The number of hydrogen-bond donors (Lipinski definition) is 1. The minimum absolute atomic E-state index is 0.141. The van der Waals surface area contributed by atoms with Crippen LogP contribution in [0.1, 0.15) is 33.2 Å². The molecule has 3 aromatic rings. The van der Waals surface area contributed by atoms with E-state index in [4.69, 9.17) is 14.2 Å². The Morgan fingerprint density at radius 1 is 0.812 bits per heavy atom. The number of rotatable bonds is 6. The third kappa shape index (κ3) is 4.78. The number of esters is 1. The molecule has 0 fully saturated rings. The molecule has 3 aromatic carbocycles. The van der Waals surface area contributed by atoms with Gasteiger partial charge in [0.2, 0.25) is 0 Å². The predicted octanol–water partition coefficient (Wildman–Crippen LogP) is 3.87. The highest BCUT2D eigenvalue weighted by Gasteiger charge is 2.20. The molecule has 0 saturated heterocycles. The second kappa shape index (κ2) is 9.34. The first-order valence-corrected chi connectivity index (χ1v) is 10.1. The maximum atomic E-state index is 12.5. The molecule has 0 spiro atoms. The van der Waals surface area contributed by atoms with Crippen molar-refractivity contribution < 1.29 is 28.6 Å². The first-order valence-electron chi connectivity index (χ1n) is 10.1. The molecule has 1 unspecified atom stereocenters. The molecule has 32 heavy (non-hydrogen) atoms. The fraction of sp³-hybridized carbons (Fsp3) is 0.160. The number of fused-ring (bicyclic) bond motifs is 1. The Kier molecular flexibility index (Phi) is 6.17. The molecule has 0 aliphatic carbocycles. The molecule has 162 valence electrons. The van der Waals surface area contributed by atoms with E-state index in [1.54, 1.807) is 54.6 Å². The van der Waals surface area contributed by atoms with Crippen molar-refractivity contribution in [3.8, 4) is 11.5 Å². The Labute approximate surface area is 184 Å². The lowest BCUT2D eigenvalue weighted by Crippen LogP contribution is -2.30. The van der Waals surface area contributed by atoms with Crippen molar-refractivity contribution in [3.63, 3.8) is 0 Å². The number of ketones is 1. The van der Waals surface area contributed by atoms with E-state index in [1.807, 2.05) is 6.07 Å². The maximum absolute atomic E-state index is 12.5. The molecule has 1 N–H and O–H groups in total. The Bertz CT molecular complexity index is 1140. The summed E-state index contributed by atoms with van der Waals surface area (Å²) >= 11 is 0. The van der Waals surface area contributed by atoms with Crippen LogP contribution < -0.4 is 14.8 Å². The molecule has 7 heteroatoms. The zero-order valence-corrected chi connectivity index (χ0v) is 17.4. The summed E-state index contributed by atoms with van der Waals surface area (Å²) in [6.07, 6.45) is -1.03. The summed E-state index contributed by atoms with van der Waals surface area (Å²) in [6, 6.07) is 20.0. The van der Waals surface area contributed by atoms with Crippen LogP contribution in [-0.2, 0) is 9.53 Å². The van der Waals surface area contributed by atoms with Crippen LogP contribution in [0.15, 0.2) is 72.8 Å². The lowest BCUT2D eigenvalue weighted by atomic mass is 10.0. The summed E-state index contributed by atoms with van der Waals surface area (Å²) in [5.74, 6) is -0.121. The van der Waals surface area contributed by atoms with Crippen LogP contribution in [0, 0.1) is 0 Å². The minimum atomic E-state index is -1.03. The summed E-state index contributed by atoms with van der Waals surface area (Å²) in [6.45, 7) is 2.40. The molecule has 4 rings (SSSR count). The minimum Gasteiger partial charge on any atom is -0.486 e. The van der Waals surface area contributed by atoms with E-state index in [1.165, 1.54) is 19.1 Å². The van der Waals surface area contributed by atoms with Gasteiger partial charge in [0.15, 0.2) is 23.4 Å². The number of carbonyl (C=O) groups is 3. The second-order valence-electron chi connectivity index (χ2n) is 7.17. The van der Waals surface area contributed by atoms with Crippen molar-refractivity contribution in [2.45, 2.75) is 13.0 Å². The third-order valence-electron chi connectivity index (χ3n) is 4.88. The molecule has 0 aromatic heterocycles. The molecule has 1 aliphatic rings. The molecule has 1 aliphatic heterocycles. The molecular weight excluding hydrogens is 410 g/mol. The Balaban J connectivity index is 1.35. The van der Waals surface area contributed by atoms with Crippen molar-refractivity contribution in [1.82, 2.24) is 0 Å². The van der Waals surface area contributed by atoms with E-state index in [9.17, 15) is 14.4 Å². The van der Waals surface area contributed by atoms with Gasteiger partial charge in [0.05, 0.1) is 5.56 Å². The molecule has 0 saturated carbocycles. The standard InChI is InChI=1S/C25H21NO6/c1-16(24(28)26-20-11-12-21-22(15-20)31-14-13-30-21)32-25(29)19-9-7-18(8-10-19)23(27)17-5-3-2-4-6-17/h2-12,15-16H,13-14H2,1H3,(H,26,28). The summed E-state index contributed by atoms with van der Waals surface area (Å²) in [4.78, 5) is 37.3. The maximum Gasteiger partial charge on any atom is 0.338 e. The van der Waals surface area contributed by atoms with Gasteiger partial charge in [-0.1, -0.05) is 42.5 Å². The van der Waals surface area contributed by atoms with Crippen LogP contribution in [0.3, 0.4) is 0 Å². The largest absolute Gasteiger partial charge is 0.486 e. The van der Waals surface area contributed by atoms with Gasteiger partial charge in [-0.25, -0.2) is 4.79 Å². The van der Waals surface area contributed by atoms with Gasteiger partial charge < -0.3 is 19.5 Å². The first-order chi connectivity index (χ1) is 15.5. The second-order valence-corrected chi connectivity index (χ2v) is 7.17. The molecule has 0 bridgehead atoms. The summed E-state index contributed by atoms with van der Waals surface area (Å²) in [5, 5.41) is 2.69.